The topological polar surface area (TPSA) is 97.1 Å². The van der Waals surface area contributed by atoms with E-state index in [-0.39, 0.29) is 29.1 Å². The second-order valence-corrected chi connectivity index (χ2v) is 10.9. The molecule has 0 atom stereocenters. The Labute approximate surface area is 167 Å². The fourth-order valence-electron chi connectivity index (χ4n) is 3.18. The van der Waals surface area contributed by atoms with Crippen molar-refractivity contribution >= 4 is 27.1 Å². The van der Waals surface area contributed by atoms with E-state index >= 15 is 0 Å². The molecule has 0 radical (unpaired) electrons. The standard InChI is InChI=1S/C18H25F3N4O3S/c1-17(2,3)29(26,27)23-9-11-4-6-12(7-5-11)24-16-25-13-8-15(18(19,20)21)22-10-14(13)28-16/h8,10-12,23H,4-7,9H2,1-3H3,(H,24,25). The smallest absolute Gasteiger partial charge is 0.422 e. The van der Waals surface area contributed by atoms with Gasteiger partial charge in [0, 0.05) is 12.6 Å². The molecule has 0 aromatic carbocycles. The van der Waals surface area contributed by atoms with Crippen LogP contribution in [-0.2, 0) is 16.2 Å². The molecule has 1 aliphatic carbocycles. The number of fused-ring (bicyclic) bond motifs is 1. The van der Waals surface area contributed by atoms with Gasteiger partial charge < -0.3 is 9.73 Å². The quantitative estimate of drug-likeness (QED) is 0.740. The van der Waals surface area contributed by atoms with Gasteiger partial charge in [-0.05, 0) is 58.4 Å². The third-order valence-corrected chi connectivity index (χ3v) is 7.27. The number of oxazole rings is 1. The molecular formula is C18H25F3N4O3S. The van der Waals surface area contributed by atoms with Crippen molar-refractivity contribution in [1.82, 2.24) is 14.7 Å². The summed E-state index contributed by atoms with van der Waals surface area (Å²) >= 11 is 0. The molecule has 3 rings (SSSR count). The first kappa shape index (κ1) is 21.8. The molecule has 1 saturated carbocycles. The van der Waals surface area contributed by atoms with Crippen molar-refractivity contribution in [2.45, 2.75) is 63.4 Å². The molecule has 2 N–H and O–H groups in total. The Morgan fingerprint density at radius 2 is 1.83 bits per heavy atom. The van der Waals surface area contributed by atoms with E-state index in [2.05, 4.69) is 20.0 Å². The highest BCUT2D eigenvalue weighted by Crippen LogP contribution is 2.31. The number of aromatic nitrogens is 2. The van der Waals surface area contributed by atoms with Gasteiger partial charge in [-0.15, -0.1) is 0 Å². The molecular weight excluding hydrogens is 409 g/mol. The Kier molecular flexibility index (Phi) is 5.83. The van der Waals surface area contributed by atoms with Gasteiger partial charge in [0.1, 0.15) is 11.2 Å². The molecule has 2 heterocycles. The van der Waals surface area contributed by atoms with Crippen LogP contribution in [-0.4, -0.2) is 35.7 Å². The minimum atomic E-state index is -4.53. The van der Waals surface area contributed by atoms with E-state index in [9.17, 15) is 21.6 Å². The van der Waals surface area contributed by atoms with E-state index < -0.39 is 26.6 Å². The Morgan fingerprint density at radius 3 is 2.41 bits per heavy atom. The van der Waals surface area contributed by atoms with Gasteiger partial charge in [-0.1, -0.05) is 0 Å². The largest absolute Gasteiger partial charge is 0.433 e. The second-order valence-electron chi connectivity index (χ2n) is 8.38. The fraction of sp³-hybridized carbons (Fsp3) is 0.667. The average molecular weight is 434 g/mol. The zero-order valence-corrected chi connectivity index (χ0v) is 17.3. The average Bonchev–Trinajstić information content (AvgIpc) is 3.01. The van der Waals surface area contributed by atoms with Crippen molar-refractivity contribution in [2.24, 2.45) is 5.92 Å². The van der Waals surface area contributed by atoms with Crippen LogP contribution < -0.4 is 10.0 Å². The van der Waals surface area contributed by atoms with Crippen LogP contribution >= 0.6 is 0 Å². The van der Waals surface area contributed by atoms with Crippen molar-refractivity contribution in [1.29, 1.82) is 0 Å². The van der Waals surface area contributed by atoms with E-state index in [4.69, 9.17) is 4.42 Å². The summed E-state index contributed by atoms with van der Waals surface area (Å²) in [6, 6.07) is 1.09. The molecule has 1 aliphatic rings. The number of nitrogens with zero attached hydrogens (tertiary/aromatic N) is 2. The van der Waals surface area contributed by atoms with Crippen molar-refractivity contribution < 1.29 is 26.0 Å². The van der Waals surface area contributed by atoms with E-state index in [0.717, 1.165) is 37.9 Å². The first-order valence-electron chi connectivity index (χ1n) is 9.45. The van der Waals surface area contributed by atoms with Crippen LogP contribution in [0.4, 0.5) is 19.2 Å². The van der Waals surface area contributed by atoms with E-state index in [0.29, 0.717) is 6.54 Å². The lowest BCUT2D eigenvalue weighted by atomic mass is 9.86. The molecule has 11 heteroatoms. The predicted octanol–water partition coefficient (Wildman–Crippen LogP) is 3.93. The number of halogens is 3. The minimum absolute atomic E-state index is 0.0635. The van der Waals surface area contributed by atoms with Gasteiger partial charge in [0.05, 0.1) is 10.9 Å². The maximum Gasteiger partial charge on any atom is 0.433 e. The van der Waals surface area contributed by atoms with Gasteiger partial charge in [0.15, 0.2) is 5.58 Å². The number of anilines is 1. The molecule has 2 aromatic heterocycles. The van der Waals surface area contributed by atoms with Crippen molar-refractivity contribution in [3.05, 3.63) is 18.0 Å². The number of nitrogens with one attached hydrogen (secondary N) is 2. The number of hydrogen-bond acceptors (Lipinski definition) is 6. The minimum Gasteiger partial charge on any atom is -0.422 e. The monoisotopic (exact) mass is 434 g/mol. The van der Waals surface area contributed by atoms with Gasteiger partial charge in [-0.2, -0.15) is 18.2 Å². The molecule has 2 aromatic rings. The van der Waals surface area contributed by atoms with Crippen LogP contribution in [0.25, 0.3) is 11.1 Å². The van der Waals surface area contributed by atoms with Gasteiger partial charge in [0.2, 0.25) is 10.0 Å². The Morgan fingerprint density at radius 1 is 1.17 bits per heavy atom. The highest BCUT2D eigenvalue weighted by molar-refractivity contribution is 7.90. The van der Waals surface area contributed by atoms with E-state index in [1.165, 1.54) is 0 Å². The van der Waals surface area contributed by atoms with Gasteiger partial charge in [0.25, 0.3) is 6.01 Å². The number of sulfonamides is 1. The van der Waals surface area contributed by atoms with E-state index in [1.807, 2.05) is 0 Å². The normalized spacial score (nSPS) is 21.4. The number of rotatable bonds is 5. The third-order valence-electron chi connectivity index (χ3n) is 5.11. The zero-order chi connectivity index (χ0) is 21.4. The lowest BCUT2D eigenvalue weighted by Gasteiger charge is -2.29. The molecule has 0 saturated heterocycles. The zero-order valence-electron chi connectivity index (χ0n) is 16.5. The summed E-state index contributed by atoms with van der Waals surface area (Å²) in [6.07, 6.45) is -0.295. The molecule has 162 valence electrons. The van der Waals surface area contributed by atoms with Crippen LogP contribution in [0.5, 0.6) is 0 Å². The maximum absolute atomic E-state index is 12.8. The van der Waals surface area contributed by atoms with Crippen LogP contribution in [0.2, 0.25) is 0 Å². The van der Waals surface area contributed by atoms with Gasteiger partial charge in [-0.25, -0.2) is 18.1 Å². The fourth-order valence-corrected chi connectivity index (χ4v) is 4.07. The molecule has 0 spiro atoms. The Bertz CT molecular complexity index is 959. The van der Waals surface area contributed by atoms with Gasteiger partial charge in [-0.3, -0.25) is 0 Å². The Balaban J connectivity index is 1.54. The number of pyridine rings is 1. The highest BCUT2D eigenvalue weighted by atomic mass is 32.2. The van der Waals surface area contributed by atoms with Crippen LogP contribution in [0.15, 0.2) is 16.7 Å². The first-order chi connectivity index (χ1) is 13.3. The summed E-state index contributed by atoms with van der Waals surface area (Å²) in [4.78, 5) is 7.45. The summed E-state index contributed by atoms with van der Waals surface area (Å²) in [6.45, 7) is 5.37. The molecule has 7 nitrogen and oxygen atoms in total. The molecule has 1 fully saturated rings. The molecule has 0 bridgehead atoms. The van der Waals surface area contributed by atoms with Crippen molar-refractivity contribution in [3.63, 3.8) is 0 Å². The van der Waals surface area contributed by atoms with Crippen LogP contribution in [0.3, 0.4) is 0 Å². The first-order valence-corrected chi connectivity index (χ1v) is 10.9. The predicted molar refractivity (Wildman–Crippen MR) is 103 cm³/mol. The summed E-state index contributed by atoms with van der Waals surface area (Å²) < 4.78 is 69.9. The second kappa shape index (κ2) is 7.75. The SMILES string of the molecule is CC(C)(C)S(=O)(=O)NCC1CCC(Nc2nc3cc(C(F)(F)F)ncc3o2)CC1. The molecule has 0 aliphatic heterocycles. The lowest BCUT2D eigenvalue weighted by molar-refractivity contribution is -0.141. The lowest BCUT2D eigenvalue weighted by Crippen LogP contribution is -2.42. The number of alkyl halides is 3. The Hall–Kier alpha value is -1.88. The van der Waals surface area contributed by atoms with Crippen molar-refractivity contribution in [2.75, 3.05) is 11.9 Å². The summed E-state index contributed by atoms with van der Waals surface area (Å²) in [5.41, 5.74) is -0.728. The molecule has 0 amide bonds. The van der Waals surface area contributed by atoms with Crippen LogP contribution in [0.1, 0.15) is 52.1 Å². The van der Waals surface area contributed by atoms with Crippen LogP contribution in [0, 0.1) is 5.92 Å². The molecule has 29 heavy (non-hydrogen) atoms. The number of hydrogen-bond donors (Lipinski definition) is 2. The summed E-state index contributed by atoms with van der Waals surface area (Å²) in [5.74, 6) is 0.243. The summed E-state index contributed by atoms with van der Waals surface area (Å²) in [5, 5.41) is 3.12. The molecule has 0 unspecified atom stereocenters. The van der Waals surface area contributed by atoms with Gasteiger partial charge >= 0.3 is 6.18 Å². The third kappa shape index (κ3) is 5.19. The highest BCUT2D eigenvalue weighted by Gasteiger charge is 2.33. The summed E-state index contributed by atoms with van der Waals surface area (Å²) in [7, 11) is -3.36. The maximum atomic E-state index is 12.8. The van der Waals surface area contributed by atoms with E-state index in [1.54, 1.807) is 20.8 Å². The van der Waals surface area contributed by atoms with Crippen molar-refractivity contribution in [3.8, 4) is 0 Å².